The minimum absolute atomic E-state index is 0.850. The van der Waals surface area contributed by atoms with Crippen molar-refractivity contribution in [2.45, 2.75) is 71.6 Å². The van der Waals surface area contributed by atoms with Crippen molar-refractivity contribution in [1.82, 2.24) is 0 Å². The summed E-state index contributed by atoms with van der Waals surface area (Å²) in [4.78, 5) is 0. The van der Waals surface area contributed by atoms with Gasteiger partial charge >= 0.3 is 0 Å². The van der Waals surface area contributed by atoms with Crippen molar-refractivity contribution in [3.63, 3.8) is 0 Å². The molecule has 0 N–H and O–H groups in total. The van der Waals surface area contributed by atoms with Crippen molar-refractivity contribution in [3.8, 4) is 0 Å². The average molecular weight is 196 g/mol. The van der Waals surface area contributed by atoms with Gasteiger partial charge in [0, 0.05) is 0 Å². The predicted octanol–water partition coefficient (Wildman–Crippen LogP) is 5.34. The molecule has 0 heteroatoms. The first-order valence-electron chi connectivity index (χ1n) is 6.42. The van der Waals surface area contributed by atoms with Gasteiger partial charge in [-0.3, -0.25) is 0 Å². The second-order valence-electron chi connectivity index (χ2n) is 4.54. The molecule has 14 heavy (non-hydrogen) atoms. The van der Waals surface area contributed by atoms with Gasteiger partial charge in [-0.05, 0) is 12.3 Å². The van der Waals surface area contributed by atoms with Crippen LogP contribution in [0.25, 0.3) is 0 Å². The molecule has 0 amide bonds. The summed E-state index contributed by atoms with van der Waals surface area (Å²) in [7, 11) is 0. The smallest absolute Gasteiger partial charge is 0.0328 e. The molecule has 0 spiro atoms. The van der Waals surface area contributed by atoms with E-state index in [0.717, 1.165) is 5.92 Å². The highest BCUT2D eigenvalue weighted by Crippen LogP contribution is 2.14. The Morgan fingerprint density at radius 3 is 2.14 bits per heavy atom. The summed E-state index contributed by atoms with van der Waals surface area (Å²) in [6.07, 6.45) is 14.6. The summed E-state index contributed by atoms with van der Waals surface area (Å²) in [5.74, 6) is 0.850. The summed E-state index contributed by atoms with van der Waals surface area (Å²) in [6, 6.07) is 0. The van der Waals surface area contributed by atoms with Crippen LogP contribution in [-0.4, -0.2) is 0 Å². The SMILES string of the molecule is C=CCC(C)CCCCCCCCC. The summed E-state index contributed by atoms with van der Waals surface area (Å²) in [5, 5.41) is 0. The quantitative estimate of drug-likeness (QED) is 0.327. The van der Waals surface area contributed by atoms with Gasteiger partial charge in [0.15, 0.2) is 0 Å². The molecule has 0 bridgehead atoms. The Balaban J connectivity index is 3.01. The molecule has 0 saturated heterocycles. The van der Waals surface area contributed by atoms with E-state index in [4.69, 9.17) is 0 Å². The number of hydrogen-bond acceptors (Lipinski definition) is 0. The van der Waals surface area contributed by atoms with Gasteiger partial charge in [0.2, 0.25) is 0 Å². The first-order chi connectivity index (χ1) is 6.81. The topological polar surface area (TPSA) is 0 Å². The molecule has 84 valence electrons. The van der Waals surface area contributed by atoms with Gasteiger partial charge in [-0.1, -0.05) is 71.3 Å². The van der Waals surface area contributed by atoms with Crippen LogP contribution in [0.5, 0.6) is 0 Å². The predicted molar refractivity (Wildman–Crippen MR) is 66.6 cm³/mol. The molecule has 0 rings (SSSR count). The zero-order valence-corrected chi connectivity index (χ0v) is 10.2. The van der Waals surface area contributed by atoms with Crippen LogP contribution in [-0.2, 0) is 0 Å². The second-order valence-corrected chi connectivity index (χ2v) is 4.54. The molecule has 0 saturated carbocycles. The molecular formula is C14H28. The molecule has 0 aromatic rings. The fourth-order valence-corrected chi connectivity index (χ4v) is 1.85. The minimum Gasteiger partial charge on any atom is -0.103 e. The van der Waals surface area contributed by atoms with Gasteiger partial charge in [0.05, 0.1) is 0 Å². The summed E-state index contributed by atoms with van der Waals surface area (Å²) in [6.45, 7) is 8.39. The average Bonchev–Trinajstić information content (AvgIpc) is 2.17. The fraction of sp³-hybridized carbons (Fsp3) is 0.857. The van der Waals surface area contributed by atoms with Gasteiger partial charge in [-0.2, -0.15) is 0 Å². The van der Waals surface area contributed by atoms with Crippen LogP contribution >= 0.6 is 0 Å². The molecule has 0 aromatic heterocycles. The molecule has 0 nitrogen and oxygen atoms in total. The fourth-order valence-electron chi connectivity index (χ4n) is 1.85. The maximum absolute atomic E-state index is 3.78. The standard InChI is InChI=1S/C14H28/c1-4-6-7-8-9-10-11-13-14(3)12-5-2/h5,14H,2,4,6-13H2,1,3H3. The van der Waals surface area contributed by atoms with E-state index < -0.39 is 0 Å². The van der Waals surface area contributed by atoms with Crippen LogP contribution < -0.4 is 0 Å². The molecule has 1 unspecified atom stereocenters. The first-order valence-corrected chi connectivity index (χ1v) is 6.42. The van der Waals surface area contributed by atoms with E-state index in [1.54, 1.807) is 0 Å². The zero-order chi connectivity index (χ0) is 10.6. The Labute approximate surface area is 90.8 Å². The maximum Gasteiger partial charge on any atom is -0.0328 e. The van der Waals surface area contributed by atoms with Crippen LogP contribution in [0.15, 0.2) is 12.7 Å². The third-order valence-corrected chi connectivity index (χ3v) is 2.87. The Morgan fingerprint density at radius 2 is 1.57 bits per heavy atom. The maximum atomic E-state index is 3.78. The van der Waals surface area contributed by atoms with E-state index in [1.165, 1.54) is 57.8 Å². The highest BCUT2D eigenvalue weighted by Gasteiger charge is 1.98. The van der Waals surface area contributed by atoms with Crippen LogP contribution in [0, 0.1) is 5.92 Å². The third-order valence-electron chi connectivity index (χ3n) is 2.87. The van der Waals surface area contributed by atoms with Gasteiger partial charge in [-0.15, -0.1) is 6.58 Å². The van der Waals surface area contributed by atoms with Gasteiger partial charge < -0.3 is 0 Å². The van der Waals surface area contributed by atoms with E-state index in [2.05, 4.69) is 20.4 Å². The molecule has 0 aliphatic rings. The lowest BCUT2D eigenvalue weighted by Gasteiger charge is -2.07. The van der Waals surface area contributed by atoms with Gasteiger partial charge in [0.25, 0.3) is 0 Å². The summed E-state index contributed by atoms with van der Waals surface area (Å²) in [5.41, 5.74) is 0. The van der Waals surface area contributed by atoms with Crippen molar-refractivity contribution < 1.29 is 0 Å². The van der Waals surface area contributed by atoms with Crippen molar-refractivity contribution in [2.75, 3.05) is 0 Å². The molecule has 0 heterocycles. The van der Waals surface area contributed by atoms with Crippen molar-refractivity contribution in [1.29, 1.82) is 0 Å². The Hall–Kier alpha value is -0.260. The van der Waals surface area contributed by atoms with Crippen molar-refractivity contribution in [3.05, 3.63) is 12.7 Å². The first kappa shape index (κ1) is 13.7. The molecule has 0 fully saturated rings. The lowest BCUT2D eigenvalue weighted by atomic mass is 9.99. The summed E-state index contributed by atoms with van der Waals surface area (Å²) >= 11 is 0. The van der Waals surface area contributed by atoms with Crippen molar-refractivity contribution >= 4 is 0 Å². The Morgan fingerprint density at radius 1 is 1.00 bits per heavy atom. The van der Waals surface area contributed by atoms with Gasteiger partial charge in [0.1, 0.15) is 0 Å². The molecule has 0 aliphatic heterocycles. The van der Waals surface area contributed by atoms with E-state index in [1.807, 2.05) is 6.08 Å². The number of hydrogen-bond donors (Lipinski definition) is 0. The van der Waals surface area contributed by atoms with Gasteiger partial charge in [-0.25, -0.2) is 0 Å². The largest absolute Gasteiger partial charge is 0.103 e. The second kappa shape index (κ2) is 10.8. The van der Waals surface area contributed by atoms with Crippen LogP contribution in [0.2, 0.25) is 0 Å². The van der Waals surface area contributed by atoms with Crippen molar-refractivity contribution in [2.24, 2.45) is 5.92 Å². The lowest BCUT2D eigenvalue weighted by molar-refractivity contribution is 0.486. The molecule has 0 radical (unpaired) electrons. The molecule has 0 aliphatic carbocycles. The van der Waals surface area contributed by atoms with E-state index in [0.29, 0.717) is 0 Å². The Kier molecular flexibility index (Phi) is 10.6. The number of unbranched alkanes of at least 4 members (excludes halogenated alkanes) is 6. The Bertz CT molecular complexity index is 115. The monoisotopic (exact) mass is 196 g/mol. The normalized spacial score (nSPS) is 12.7. The highest BCUT2D eigenvalue weighted by atomic mass is 14.0. The lowest BCUT2D eigenvalue weighted by Crippen LogP contribution is -1.92. The van der Waals surface area contributed by atoms with Crippen LogP contribution in [0.1, 0.15) is 71.6 Å². The number of rotatable bonds is 10. The highest BCUT2D eigenvalue weighted by molar-refractivity contribution is 4.70. The van der Waals surface area contributed by atoms with E-state index >= 15 is 0 Å². The van der Waals surface area contributed by atoms with E-state index in [-0.39, 0.29) is 0 Å². The van der Waals surface area contributed by atoms with E-state index in [9.17, 15) is 0 Å². The molecule has 0 aromatic carbocycles. The minimum atomic E-state index is 0.850. The zero-order valence-electron chi connectivity index (χ0n) is 10.2. The van der Waals surface area contributed by atoms with Crippen LogP contribution in [0.4, 0.5) is 0 Å². The molecule has 1 atom stereocenters. The van der Waals surface area contributed by atoms with Crippen LogP contribution in [0.3, 0.4) is 0 Å². The number of allylic oxidation sites excluding steroid dienone is 1. The summed E-state index contributed by atoms with van der Waals surface area (Å²) < 4.78 is 0. The molecular weight excluding hydrogens is 168 g/mol. The third kappa shape index (κ3) is 9.83.